The molecule has 0 spiro atoms. The van der Waals surface area contributed by atoms with Gasteiger partial charge in [0.25, 0.3) is 0 Å². The molecule has 1 atom stereocenters. The fourth-order valence-electron chi connectivity index (χ4n) is 4.10. The molecular formula is C23H27N3O4S. The van der Waals surface area contributed by atoms with E-state index in [4.69, 9.17) is 0 Å². The summed E-state index contributed by atoms with van der Waals surface area (Å²) in [6.07, 6.45) is 2.78. The molecule has 2 aliphatic rings. The normalized spacial score (nSPS) is 19.7. The second kappa shape index (κ2) is 8.80. The van der Waals surface area contributed by atoms with Gasteiger partial charge in [0, 0.05) is 37.4 Å². The van der Waals surface area contributed by atoms with Crippen molar-refractivity contribution in [1.82, 2.24) is 4.31 Å². The minimum atomic E-state index is -3.56. The van der Waals surface area contributed by atoms with Crippen LogP contribution in [0.15, 0.2) is 53.4 Å². The lowest BCUT2D eigenvalue weighted by Gasteiger charge is -2.18. The van der Waals surface area contributed by atoms with Gasteiger partial charge >= 0.3 is 0 Å². The van der Waals surface area contributed by atoms with E-state index < -0.39 is 15.9 Å². The molecule has 4 rings (SSSR count). The van der Waals surface area contributed by atoms with Gasteiger partial charge < -0.3 is 10.2 Å². The summed E-state index contributed by atoms with van der Waals surface area (Å²) in [5.74, 6) is -0.858. The van der Waals surface area contributed by atoms with Gasteiger partial charge in [-0.1, -0.05) is 25.1 Å². The first-order valence-electron chi connectivity index (χ1n) is 10.7. The predicted molar refractivity (Wildman–Crippen MR) is 119 cm³/mol. The molecule has 0 aliphatic carbocycles. The van der Waals surface area contributed by atoms with Crippen LogP contribution in [-0.2, 0) is 26.0 Å². The molecule has 2 saturated heterocycles. The first-order chi connectivity index (χ1) is 14.9. The van der Waals surface area contributed by atoms with Gasteiger partial charge in [-0.15, -0.1) is 0 Å². The first kappa shape index (κ1) is 21.5. The standard InChI is InChI=1S/C23H27N3O4S/c1-2-17-8-10-20(11-9-17)26-16-18(14-22(26)27)23(28)24-19-6-5-7-21(15-19)31(29,30)25-12-3-4-13-25/h5-11,15,18H,2-4,12-14,16H2,1H3,(H,24,28)/t18-/m1/s1. The van der Waals surface area contributed by atoms with E-state index in [1.165, 1.54) is 15.9 Å². The van der Waals surface area contributed by atoms with Crippen LogP contribution >= 0.6 is 0 Å². The van der Waals surface area contributed by atoms with Crippen molar-refractivity contribution >= 4 is 33.2 Å². The van der Waals surface area contributed by atoms with Crippen LogP contribution in [0.4, 0.5) is 11.4 Å². The van der Waals surface area contributed by atoms with E-state index in [0.29, 0.717) is 25.3 Å². The van der Waals surface area contributed by atoms with E-state index >= 15 is 0 Å². The molecular weight excluding hydrogens is 414 g/mol. The number of benzene rings is 2. The maximum absolute atomic E-state index is 12.8. The molecule has 1 N–H and O–H groups in total. The van der Waals surface area contributed by atoms with Crippen LogP contribution in [0.1, 0.15) is 31.7 Å². The number of rotatable bonds is 6. The second-order valence-electron chi connectivity index (χ2n) is 8.05. The van der Waals surface area contributed by atoms with Crippen molar-refractivity contribution in [3.63, 3.8) is 0 Å². The van der Waals surface area contributed by atoms with Crippen molar-refractivity contribution in [2.75, 3.05) is 29.9 Å². The zero-order chi connectivity index (χ0) is 22.0. The van der Waals surface area contributed by atoms with Crippen molar-refractivity contribution in [1.29, 1.82) is 0 Å². The Morgan fingerprint density at radius 1 is 1.10 bits per heavy atom. The second-order valence-corrected chi connectivity index (χ2v) is 9.99. The molecule has 2 aromatic rings. The third kappa shape index (κ3) is 4.50. The molecule has 164 valence electrons. The van der Waals surface area contributed by atoms with E-state index in [1.54, 1.807) is 23.1 Å². The molecule has 2 amide bonds. The molecule has 7 nitrogen and oxygen atoms in total. The maximum Gasteiger partial charge on any atom is 0.243 e. The molecule has 2 aromatic carbocycles. The van der Waals surface area contributed by atoms with Crippen LogP contribution < -0.4 is 10.2 Å². The van der Waals surface area contributed by atoms with Gasteiger partial charge in [-0.05, 0) is 55.2 Å². The SMILES string of the molecule is CCc1ccc(N2C[C@H](C(=O)Nc3cccc(S(=O)(=O)N4CCCC4)c3)CC2=O)cc1. The number of aryl methyl sites for hydroxylation is 1. The summed E-state index contributed by atoms with van der Waals surface area (Å²) in [5, 5.41) is 2.80. The van der Waals surface area contributed by atoms with Crippen LogP contribution in [0.25, 0.3) is 0 Å². The van der Waals surface area contributed by atoms with Crippen molar-refractivity contribution in [2.45, 2.75) is 37.5 Å². The zero-order valence-electron chi connectivity index (χ0n) is 17.6. The summed E-state index contributed by atoms with van der Waals surface area (Å²) in [6, 6.07) is 14.1. The Kier molecular flexibility index (Phi) is 6.11. The molecule has 0 bridgehead atoms. The highest BCUT2D eigenvalue weighted by Crippen LogP contribution is 2.27. The number of hydrogen-bond acceptors (Lipinski definition) is 4. The Balaban J connectivity index is 1.44. The Labute approximate surface area is 183 Å². The lowest BCUT2D eigenvalue weighted by Crippen LogP contribution is -2.29. The van der Waals surface area contributed by atoms with Gasteiger partial charge in [0.05, 0.1) is 10.8 Å². The van der Waals surface area contributed by atoms with Crippen molar-refractivity contribution in [2.24, 2.45) is 5.92 Å². The minimum absolute atomic E-state index is 0.0882. The third-order valence-corrected chi connectivity index (χ3v) is 7.85. The Morgan fingerprint density at radius 3 is 2.48 bits per heavy atom. The maximum atomic E-state index is 12.8. The summed E-state index contributed by atoms with van der Waals surface area (Å²) in [5.41, 5.74) is 2.40. The van der Waals surface area contributed by atoms with E-state index in [9.17, 15) is 18.0 Å². The highest BCUT2D eigenvalue weighted by atomic mass is 32.2. The number of anilines is 2. The molecule has 2 fully saturated rings. The van der Waals surface area contributed by atoms with Gasteiger partial charge in [-0.25, -0.2) is 8.42 Å². The topological polar surface area (TPSA) is 86.8 Å². The zero-order valence-corrected chi connectivity index (χ0v) is 18.4. The average molecular weight is 442 g/mol. The number of nitrogens with one attached hydrogen (secondary N) is 1. The largest absolute Gasteiger partial charge is 0.326 e. The van der Waals surface area contributed by atoms with Crippen molar-refractivity contribution < 1.29 is 18.0 Å². The summed E-state index contributed by atoms with van der Waals surface area (Å²) in [4.78, 5) is 27.1. The first-order valence-corrected chi connectivity index (χ1v) is 12.1. The fourth-order valence-corrected chi connectivity index (χ4v) is 5.66. The van der Waals surface area contributed by atoms with Crippen LogP contribution in [0.5, 0.6) is 0 Å². The van der Waals surface area contributed by atoms with E-state index in [2.05, 4.69) is 12.2 Å². The summed E-state index contributed by atoms with van der Waals surface area (Å²) in [6.45, 7) is 3.43. The fraction of sp³-hybridized carbons (Fsp3) is 0.391. The number of nitrogens with zero attached hydrogens (tertiary/aromatic N) is 2. The lowest BCUT2D eigenvalue weighted by molar-refractivity contribution is -0.122. The molecule has 8 heteroatoms. The predicted octanol–water partition coefficient (Wildman–Crippen LogP) is 3.03. The van der Waals surface area contributed by atoms with Crippen molar-refractivity contribution in [3.8, 4) is 0 Å². The van der Waals surface area contributed by atoms with Gasteiger partial charge in [-0.3, -0.25) is 9.59 Å². The Hall–Kier alpha value is -2.71. The smallest absolute Gasteiger partial charge is 0.243 e. The molecule has 0 aromatic heterocycles. The quantitative estimate of drug-likeness (QED) is 0.747. The average Bonchev–Trinajstić information content (AvgIpc) is 3.45. The highest BCUT2D eigenvalue weighted by molar-refractivity contribution is 7.89. The van der Waals surface area contributed by atoms with Crippen LogP contribution in [0, 0.1) is 5.92 Å². The number of carbonyl (C=O) groups is 2. The van der Waals surface area contributed by atoms with Gasteiger partial charge in [0.2, 0.25) is 21.8 Å². The Morgan fingerprint density at radius 2 is 1.81 bits per heavy atom. The lowest BCUT2D eigenvalue weighted by atomic mass is 10.1. The highest BCUT2D eigenvalue weighted by Gasteiger charge is 2.35. The van der Waals surface area contributed by atoms with Gasteiger partial charge in [0.1, 0.15) is 0 Å². The molecule has 31 heavy (non-hydrogen) atoms. The number of amides is 2. The summed E-state index contributed by atoms with van der Waals surface area (Å²) >= 11 is 0. The number of sulfonamides is 1. The van der Waals surface area contributed by atoms with Gasteiger partial charge in [-0.2, -0.15) is 4.31 Å². The van der Waals surface area contributed by atoms with Crippen LogP contribution in [0.3, 0.4) is 0 Å². The number of carbonyl (C=O) groups excluding carboxylic acids is 2. The molecule has 2 aliphatic heterocycles. The van der Waals surface area contributed by atoms with E-state index in [1.807, 2.05) is 24.3 Å². The molecule has 2 heterocycles. The Bertz CT molecular complexity index is 1080. The van der Waals surface area contributed by atoms with E-state index in [0.717, 1.165) is 24.9 Å². The number of hydrogen-bond donors (Lipinski definition) is 1. The summed E-state index contributed by atoms with van der Waals surface area (Å²) < 4.78 is 27.0. The third-order valence-electron chi connectivity index (χ3n) is 5.96. The molecule has 0 radical (unpaired) electrons. The summed E-state index contributed by atoms with van der Waals surface area (Å²) in [7, 11) is -3.56. The van der Waals surface area contributed by atoms with Crippen LogP contribution in [-0.4, -0.2) is 44.2 Å². The monoisotopic (exact) mass is 441 g/mol. The molecule has 0 unspecified atom stereocenters. The van der Waals surface area contributed by atoms with Crippen molar-refractivity contribution in [3.05, 3.63) is 54.1 Å². The van der Waals surface area contributed by atoms with E-state index in [-0.39, 0.29) is 23.1 Å². The van der Waals surface area contributed by atoms with Crippen LogP contribution in [0.2, 0.25) is 0 Å². The minimum Gasteiger partial charge on any atom is -0.326 e. The molecule has 0 saturated carbocycles. The van der Waals surface area contributed by atoms with Gasteiger partial charge in [0.15, 0.2) is 0 Å².